The Morgan fingerprint density at radius 1 is 1.22 bits per heavy atom. The smallest absolute Gasteiger partial charge is 0.255 e. The second kappa shape index (κ2) is 10.5. The Labute approximate surface area is 211 Å². The highest BCUT2D eigenvalue weighted by molar-refractivity contribution is 7.88. The first-order valence-corrected chi connectivity index (χ1v) is 15.9. The van der Waals surface area contributed by atoms with Crippen LogP contribution in [0.5, 0.6) is 0 Å². The molecular weight excluding hydrogens is 501 g/mol. The lowest BCUT2D eigenvalue weighted by Crippen LogP contribution is -2.27. The predicted molar refractivity (Wildman–Crippen MR) is 140 cm³/mol. The van der Waals surface area contributed by atoms with Gasteiger partial charge in [-0.3, -0.25) is 9.36 Å². The van der Waals surface area contributed by atoms with Crippen molar-refractivity contribution in [3.8, 4) is 11.3 Å². The maximum absolute atomic E-state index is 12.9. The van der Waals surface area contributed by atoms with Gasteiger partial charge in [-0.25, -0.2) is 18.1 Å². The molecule has 4 rings (SSSR count). The number of sulfonamides is 1. The highest BCUT2D eigenvalue weighted by Gasteiger charge is 2.31. The molecule has 0 spiro atoms. The topological polar surface area (TPSA) is 139 Å². The van der Waals surface area contributed by atoms with Gasteiger partial charge in [-0.2, -0.15) is 0 Å². The minimum absolute atomic E-state index is 0.161. The number of carbonyl (C=O) groups is 1. The van der Waals surface area contributed by atoms with Crippen LogP contribution in [-0.2, 0) is 20.3 Å². The fraction of sp³-hybridized carbons (Fsp3) is 0.440. The lowest BCUT2D eigenvalue weighted by molar-refractivity contribution is 0.0964. The van der Waals surface area contributed by atoms with Gasteiger partial charge >= 0.3 is 0 Å². The fourth-order valence-corrected chi connectivity index (χ4v) is 6.14. The molecule has 3 aromatic rings. The van der Waals surface area contributed by atoms with Crippen LogP contribution in [0, 0.1) is 6.92 Å². The van der Waals surface area contributed by atoms with E-state index in [1.165, 1.54) is 6.66 Å². The van der Waals surface area contributed by atoms with Crippen LogP contribution in [-0.4, -0.2) is 50.6 Å². The van der Waals surface area contributed by atoms with Gasteiger partial charge in [0.2, 0.25) is 15.7 Å². The molecule has 36 heavy (non-hydrogen) atoms. The molecule has 194 valence electrons. The summed E-state index contributed by atoms with van der Waals surface area (Å²) < 4.78 is 45.7. The maximum Gasteiger partial charge on any atom is 0.255 e. The summed E-state index contributed by atoms with van der Waals surface area (Å²) in [7, 11) is -5.23. The Bertz CT molecular complexity index is 1420. The molecule has 1 amide bonds. The number of furan rings is 1. The molecule has 0 saturated heterocycles. The largest absolute Gasteiger partial charge is 0.437 e. The normalized spacial score (nSPS) is 15.7. The fourth-order valence-electron chi connectivity index (χ4n) is 4.19. The van der Waals surface area contributed by atoms with E-state index in [1.807, 2.05) is 37.3 Å². The number of nitrogens with zero attached hydrogens (tertiary/aromatic N) is 1. The molecule has 1 aromatic carbocycles. The first kappa shape index (κ1) is 26.5. The number of hydrogen-bond acceptors (Lipinski definition) is 6. The monoisotopic (exact) mass is 533 g/mol. The zero-order chi connectivity index (χ0) is 26.1. The molecule has 2 aromatic heterocycles. The van der Waals surface area contributed by atoms with Crippen LogP contribution in [0.3, 0.4) is 0 Å². The van der Waals surface area contributed by atoms with E-state index in [4.69, 9.17) is 4.42 Å². The molecule has 0 radical (unpaired) electrons. The average Bonchev–Trinajstić information content (AvgIpc) is 3.58. The van der Waals surface area contributed by atoms with E-state index in [-0.39, 0.29) is 36.0 Å². The Balaban J connectivity index is 1.65. The van der Waals surface area contributed by atoms with Crippen molar-refractivity contribution in [1.29, 1.82) is 0 Å². The van der Waals surface area contributed by atoms with Gasteiger partial charge in [0, 0.05) is 32.0 Å². The van der Waals surface area contributed by atoms with Gasteiger partial charge in [0.25, 0.3) is 5.91 Å². The van der Waals surface area contributed by atoms with Gasteiger partial charge in [-0.05, 0) is 50.2 Å². The number of pyridine rings is 1. The Kier molecular flexibility index (Phi) is 7.71. The van der Waals surface area contributed by atoms with E-state index in [1.54, 1.807) is 7.05 Å². The number of aromatic nitrogens is 1. The van der Waals surface area contributed by atoms with Crippen molar-refractivity contribution in [2.24, 2.45) is 0 Å². The predicted octanol–water partition coefficient (Wildman–Crippen LogP) is 4.14. The second-order valence-electron chi connectivity index (χ2n) is 9.54. The molecule has 1 fully saturated rings. The molecule has 0 aliphatic heterocycles. The third-order valence-corrected chi connectivity index (χ3v) is 8.67. The van der Waals surface area contributed by atoms with E-state index in [0.717, 1.165) is 29.5 Å². The van der Waals surface area contributed by atoms with E-state index >= 15 is 0 Å². The summed E-state index contributed by atoms with van der Waals surface area (Å²) >= 11 is 0. The molecule has 9 nitrogen and oxygen atoms in total. The van der Waals surface area contributed by atoms with Gasteiger partial charge in [0.05, 0.1) is 16.6 Å². The van der Waals surface area contributed by atoms with Crippen LogP contribution >= 0.6 is 7.37 Å². The molecule has 1 saturated carbocycles. The standard InChI is InChI=1S/C25H32N3O6PS/c1-16-6-8-18(9-7-16)23-22(24(29)26-2)20-14-19(17-10-11-17)21(28-25(20)34-23)15-36(32,33)27-12-4-5-13-35(3,30)31/h6-9,14,17,27H,4-5,10-13,15H2,1-3H3,(H,26,29)(H,30,31). The number of fused-ring (bicyclic) bond motifs is 1. The summed E-state index contributed by atoms with van der Waals surface area (Å²) in [6.07, 6.45) is 2.95. The number of unbranched alkanes of at least 4 members (excludes halogenated alkanes) is 1. The SMILES string of the molecule is CNC(=O)c1c(-c2ccc(C)cc2)oc2nc(CS(=O)(=O)NCCCCP(C)(=O)O)c(C3CC3)cc12. The average molecular weight is 534 g/mol. The highest BCUT2D eigenvalue weighted by Crippen LogP contribution is 2.44. The highest BCUT2D eigenvalue weighted by atomic mass is 32.2. The molecule has 1 atom stereocenters. The number of aryl methyl sites for hydroxylation is 1. The van der Waals surface area contributed by atoms with E-state index in [0.29, 0.717) is 35.2 Å². The van der Waals surface area contributed by atoms with Crippen LogP contribution in [0.1, 0.15) is 58.8 Å². The lowest BCUT2D eigenvalue weighted by atomic mass is 10.0. The summed E-state index contributed by atoms with van der Waals surface area (Å²) in [6.45, 7) is 3.45. The number of amides is 1. The van der Waals surface area contributed by atoms with Crippen LogP contribution in [0.25, 0.3) is 22.4 Å². The third-order valence-electron chi connectivity index (χ3n) is 6.23. The van der Waals surface area contributed by atoms with Crippen LogP contribution in [0.2, 0.25) is 0 Å². The van der Waals surface area contributed by atoms with Crippen molar-refractivity contribution in [1.82, 2.24) is 15.0 Å². The Morgan fingerprint density at radius 3 is 2.53 bits per heavy atom. The van der Waals surface area contributed by atoms with Crippen LogP contribution in [0.4, 0.5) is 0 Å². The van der Waals surface area contributed by atoms with Gasteiger partial charge < -0.3 is 14.6 Å². The van der Waals surface area contributed by atoms with Crippen molar-refractivity contribution in [3.05, 3.63) is 52.7 Å². The summed E-state index contributed by atoms with van der Waals surface area (Å²) in [6, 6.07) is 9.48. The van der Waals surface area contributed by atoms with Crippen molar-refractivity contribution in [3.63, 3.8) is 0 Å². The first-order chi connectivity index (χ1) is 17.0. The molecule has 1 unspecified atom stereocenters. The third kappa shape index (κ3) is 6.42. The minimum atomic E-state index is -3.69. The molecule has 3 N–H and O–H groups in total. The number of hydrogen-bond donors (Lipinski definition) is 3. The number of nitrogens with one attached hydrogen (secondary N) is 2. The maximum atomic E-state index is 12.9. The number of rotatable bonds is 11. The number of benzene rings is 1. The van der Waals surface area contributed by atoms with Crippen molar-refractivity contribution in [2.45, 2.75) is 44.3 Å². The van der Waals surface area contributed by atoms with Crippen molar-refractivity contribution in [2.75, 3.05) is 26.4 Å². The molecule has 0 bridgehead atoms. The van der Waals surface area contributed by atoms with Crippen molar-refractivity contribution < 1.29 is 27.1 Å². The van der Waals surface area contributed by atoms with Gasteiger partial charge in [-0.15, -0.1) is 0 Å². The number of carbonyl (C=O) groups excluding carboxylic acids is 1. The quantitative estimate of drug-likeness (QED) is 0.249. The van der Waals surface area contributed by atoms with E-state index < -0.39 is 17.4 Å². The zero-order valence-electron chi connectivity index (χ0n) is 20.7. The summed E-state index contributed by atoms with van der Waals surface area (Å²) in [5, 5.41) is 3.24. The van der Waals surface area contributed by atoms with Gasteiger partial charge in [-0.1, -0.05) is 29.8 Å². The molecule has 1 aliphatic rings. The second-order valence-corrected chi connectivity index (χ2v) is 13.9. The molecule has 1 aliphatic carbocycles. The molecular formula is C25H32N3O6PS. The summed E-state index contributed by atoms with van der Waals surface area (Å²) in [5.74, 6) is -0.00875. The van der Waals surface area contributed by atoms with E-state index in [9.17, 15) is 22.7 Å². The summed E-state index contributed by atoms with van der Waals surface area (Å²) in [5.41, 5.74) is 3.65. The Hall–Kier alpha value is -2.52. The molecule has 11 heteroatoms. The lowest BCUT2D eigenvalue weighted by Gasteiger charge is -2.11. The zero-order valence-corrected chi connectivity index (χ0v) is 22.4. The molecule has 2 heterocycles. The van der Waals surface area contributed by atoms with E-state index in [2.05, 4.69) is 15.0 Å². The van der Waals surface area contributed by atoms with Crippen molar-refractivity contribution >= 4 is 34.4 Å². The Morgan fingerprint density at radius 2 is 1.92 bits per heavy atom. The summed E-state index contributed by atoms with van der Waals surface area (Å²) in [4.78, 5) is 26.8. The van der Waals surface area contributed by atoms with Crippen LogP contribution < -0.4 is 10.0 Å². The van der Waals surface area contributed by atoms with Gasteiger partial charge in [0.1, 0.15) is 11.5 Å². The van der Waals surface area contributed by atoms with Gasteiger partial charge in [0.15, 0.2) is 7.37 Å². The van der Waals surface area contributed by atoms with Crippen LogP contribution in [0.15, 0.2) is 34.7 Å². The first-order valence-electron chi connectivity index (χ1n) is 12.0. The minimum Gasteiger partial charge on any atom is -0.437 e.